The molecule has 2 aliphatic heterocycles. The molecule has 0 radical (unpaired) electrons. The zero-order valence-electron chi connectivity index (χ0n) is 16.8. The largest absolute Gasteiger partial charge is 0.378 e. The van der Waals surface area contributed by atoms with Gasteiger partial charge in [0.05, 0.1) is 6.20 Å². The van der Waals surface area contributed by atoms with Crippen molar-refractivity contribution in [1.29, 1.82) is 0 Å². The van der Waals surface area contributed by atoms with E-state index in [1.54, 1.807) is 19.3 Å². The molecule has 156 valence electrons. The predicted octanol–water partition coefficient (Wildman–Crippen LogP) is 3.15. The number of aliphatic hydroxyl groups is 1. The molecule has 1 spiro atoms. The lowest BCUT2D eigenvalue weighted by Crippen LogP contribution is -2.34. The van der Waals surface area contributed by atoms with Crippen LogP contribution in [-0.2, 0) is 11.0 Å². The van der Waals surface area contributed by atoms with E-state index in [2.05, 4.69) is 37.9 Å². The fourth-order valence-electron chi connectivity index (χ4n) is 4.74. The molecule has 0 saturated carbocycles. The SMILES string of the molecule is CN1CC[C@]2(C1)CN(c1nc(N)ncc1Cl)c1cc([C@](C)(O)c3nccs3)ccc12. The zero-order valence-corrected chi connectivity index (χ0v) is 18.4. The average Bonchev–Trinajstić information content (AvgIpc) is 3.44. The molecule has 4 heterocycles. The highest BCUT2D eigenvalue weighted by Crippen LogP contribution is 2.50. The van der Waals surface area contributed by atoms with E-state index in [0.29, 0.717) is 15.8 Å². The summed E-state index contributed by atoms with van der Waals surface area (Å²) in [6.45, 7) is 4.52. The Morgan fingerprint density at radius 1 is 1.30 bits per heavy atom. The van der Waals surface area contributed by atoms with Gasteiger partial charge in [-0.3, -0.25) is 0 Å². The number of hydrogen-bond donors (Lipinski definition) is 2. The molecule has 0 amide bonds. The third kappa shape index (κ3) is 2.98. The van der Waals surface area contributed by atoms with E-state index in [0.717, 1.165) is 37.3 Å². The van der Waals surface area contributed by atoms with Crippen LogP contribution >= 0.6 is 22.9 Å². The van der Waals surface area contributed by atoms with Crippen LogP contribution in [0.15, 0.2) is 36.0 Å². The highest BCUT2D eigenvalue weighted by Gasteiger charge is 2.48. The molecule has 3 N–H and O–H groups in total. The smallest absolute Gasteiger partial charge is 0.222 e. The molecule has 9 heteroatoms. The molecule has 0 bridgehead atoms. The van der Waals surface area contributed by atoms with E-state index in [-0.39, 0.29) is 11.4 Å². The van der Waals surface area contributed by atoms with Crippen LogP contribution in [0.3, 0.4) is 0 Å². The van der Waals surface area contributed by atoms with Crippen molar-refractivity contribution in [3.05, 3.63) is 57.1 Å². The number of rotatable bonds is 3. The van der Waals surface area contributed by atoms with Crippen molar-refractivity contribution in [2.75, 3.05) is 37.3 Å². The second-order valence-electron chi connectivity index (χ2n) is 8.40. The summed E-state index contributed by atoms with van der Waals surface area (Å²) in [6, 6.07) is 6.20. The lowest BCUT2D eigenvalue weighted by atomic mass is 9.80. The van der Waals surface area contributed by atoms with Crippen LogP contribution in [0, 0.1) is 0 Å². The number of halogens is 1. The van der Waals surface area contributed by atoms with Crippen molar-refractivity contribution >= 4 is 40.4 Å². The van der Waals surface area contributed by atoms with Gasteiger partial charge in [-0.15, -0.1) is 11.3 Å². The fourth-order valence-corrected chi connectivity index (χ4v) is 5.66. The second kappa shape index (κ2) is 6.88. The lowest BCUT2D eigenvalue weighted by Gasteiger charge is -2.25. The predicted molar refractivity (Wildman–Crippen MR) is 119 cm³/mol. The number of likely N-dealkylation sites (tertiary alicyclic amines) is 1. The summed E-state index contributed by atoms with van der Waals surface area (Å²) < 4.78 is 0. The van der Waals surface area contributed by atoms with Gasteiger partial charge in [-0.25, -0.2) is 9.97 Å². The van der Waals surface area contributed by atoms with Crippen LogP contribution in [0.1, 0.15) is 29.5 Å². The quantitative estimate of drug-likeness (QED) is 0.643. The standard InChI is InChI=1S/C21H23ClN6OS/c1-20(29,18-24-6-8-30-18)13-3-4-14-16(9-13)28(12-21(14)5-7-27(2)11-21)17-15(22)10-25-19(23)26-17/h3-4,6,8-10,29H,5,7,11-12H2,1-2H3,(H2,23,25,26)/t20-,21-/m0/s1. The van der Waals surface area contributed by atoms with Gasteiger partial charge in [0, 0.05) is 35.8 Å². The lowest BCUT2D eigenvalue weighted by molar-refractivity contribution is 0.102. The van der Waals surface area contributed by atoms with Gasteiger partial charge >= 0.3 is 0 Å². The first-order valence-corrected chi connectivity index (χ1v) is 11.1. The molecule has 1 fully saturated rings. The summed E-state index contributed by atoms with van der Waals surface area (Å²) in [5.74, 6) is 0.786. The van der Waals surface area contributed by atoms with Crippen LogP contribution in [-0.4, -0.2) is 51.6 Å². The number of nitrogens with two attached hydrogens (primary N) is 1. The highest BCUT2D eigenvalue weighted by atomic mass is 35.5. The minimum absolute atomic E-state index is 0.0152. The maximum absolute atomic E-state index is 11.3. The van der Waals surface area contributed by atoms with Crippen molar-refractivity contribution in [1.82, 2.24) is 19.9 Å². The molecule has 2 aromatic heterocycles. The minimum atomic E-state index is -1.19. The van der Waals surface area contributed by atoms with Crippen molar-refractivity contribution in [2.45, 2.75) is 24.4 Å². The molecule has 0 aliphatic carbocycles. The fraction of sp³-hybridized carbons (Fsp3) is 0.381. The molecule has 2 atom stereocenters. The van der Waals surface area contributed by atoms with Gasteiger partial charge in [0.15, 0.2) is 5.82 Å². The van der Waals surface area contributed by atoms with Crippen molar-refractivity contribution in [3.63, 3.8) is 0 Å². The molecule has 0 unspecified atom stereocenters. The van der Waals surface area contributed by atoms with E-state index in [1.165, 1.54) is 16.9 Å². The zero-order chi connectivity index (χ0) is 21.1. The Morgan fingerprint density at radius 3 is 2.83 bits per heavy atom. The number of hydrogen-bond acceptors (Lipinski definition) is 8. The Labute approximate surface area is 184 Å². The number of thiazole rings is 1. The average molecular weight is 443 g/mol. The maximum atomic E-state index is 11.3. The van der Waals surface area contributed by atoms with E-state index in [9.17, 15) is 5.11 Å². The maximum Gasteiger partial charge on any atom is 0.222 e. The molecule has 30 heavy (non-hydrogen) atoms. The van der Waals surface area contributed by atoms with Crippen LogP contribution in [0.5, 0.6) is 0 Å². The van der Waals surface area contributed by atoms with Crippen molar-refractivity contribution in [3.8, 4) is 0 Å². The summed E-state index contributed by atoms with van der Waals surface area (Å²) in [4.78, 5) is 17.3. The van der Waals surface area contributed by atoms with Gasteiger partial charge in [-0.2, -0.15) is 4.98 Å². The summed E-state index contributed by atoms with van der Waals surface area (Å²) in [6.07, 6.45) is 4.30. The molecule has 1 saturated heterocycles. The Morgan fingerprint density at radius 2 is 2.13 bits per heavy atom. The van der Waals surface area contributed by atoms with Crippen LogP contribution in [0.2, 0.25) is 5.02 Å². The first-order chi connectivity index (χ1) is 14.3. The van der Waals surface area contributed by atoms with Crippen molar-refractivity contribution in [2.24, 2.45) is 0 Å². The molecular weight excluding hydrogens is 420 g/mol. The first kappa shape index (κ1) is 19.7. The van der Waals surface area contributed by atoms with Gasteiger partial charge in [-0.1, -0.05) is 23.7 Å². The van der Waals surface area contributed by atoms with E-state index >= 15 is 0 Å². The van der Waals surface area contributed by atoms with Gasteiger partial charge in [0.2, 0.25) is 5.95 Å². The molecule has 5 rings (SSSR count). The Hall–Kier alpha value is -2.26. The number of aromatic nitrogens is 3. The normalized spacial score (nSPS) is 23.1. The number of nitrogens with zero attached hydrogens (tertiary/aromatic N) is 5. The van der Waals surface area contributed by atoms with Gasteiger partial charge in [-0.05, 0) is 44.1 Å². The number of nitrogen functional groups attached to an aromatic ring is 1. The highest BCUT2D eigenvalue weighted by molar-refractivity contribution is 7.09. The minimum Gasteiger partial charge on any atom is -0.378 e. The second-order valence-corrected chi connectivity index (χ2v) is 9.70. The first-order valence-electron chi connectivity index (χ1n) is 9.82. The van der Waals surface area contributed by atoms with Crippen molar-refractivity contribution < 1.29 is 5.11 Å². The molecular formula is C21H23ClN6OS. The third-order valence-electron chi connectivity index (χ3n) is 6.28. The van der Waals surface area contributed by atoms with Crippen LogP contribution < -0.4 is 10.6 Å². The van der Waals surface area contributed by atoms with E-state index in [1.807, 2.05) is 17.5 Å². The number of benzene rings is 1. The summed E-state index contributed by atoms with van der Waals surface area (Å²) in [5.41, 5.74) is 7.71. The Kier molecular flexibility index (Phi) is 4.52. The van der Waals surface area contributed by atoms with E-state index < -0.39 is 5.60 Å². The van der Waals surface area contributed by atoms with Crippen LogP contribution in [0.25, 0.3) is 0 Å². The summed E-state index contributed by atoms with van der Waals surface area (Å²) in [7, 11) is 2.15. The molecule has 7 nitrogen and oxygen atoms in total. The molecule has 1 aromatic carbocycles. The summed E-state index contributed by atoms with van der Waals surface area (Å²) in [5, 5.41) is 14.3. The number of anilines is 3. The number of fused-ring (bicyclic) bond motifs is 2. The molecule has 3 aromatic rings. The van der Waals surface area contributed by atoms with Crippen LogP contribution in [0.4, 0.5) is 17.5 Å². The van der Waals surface area contributed by atoms with E-state index in [4.69, 9.17) is 17.3 Å². The van der Waals surface area contributed by atoms with Gasteiger partial charge in [0.1, 0.15) is 15.6 Å². The topological polar surface area (TPSA) is 91.4 Å². The summed E-state index contributed by atoms with van der Waals surface area (Å²) >= 11 is 7.93. The third-order valence-corrected chi connectivity index (χ3v) is 7.53. The Balaban J connectivity index is 1.67. The monoisotopic (exact) mass is 442 g/mol. The number of likely N-dealkylation sites (N-methyl/N-ethyl adjacent to an activating group) is 1. The van der Waals surface area contributed by atoms with Gasteiger partial charge < -0.3 is 20.6 Å². The van der Waals surface area contributed by atoms with Gasteiger partial charge in [0.25, 0.3) is 0 Å². The Bertz CT molecular complexity index is 1100. The molecule has 2 aliphatic rings.